The smallest absolute Gasteiger partial charge is 0.213 e. The average molecular weight is 402 g/mol. The molecule has 0 radical (unpaired) electrons. The Morgan fingerprint density at radius 3 is 2.81 bits per heavy atom. The van der Waals surface area contributed by atoms with Crippen molar-refractivity contribution in [2.45, 2.75) is 18.9 Å². The van der Waals surface area contributed by atoms with Crippen LogP contribution in [0, 0.1) is 6.92 Å². The van der Waals surface area contributed by atoms with Crippen LogP contribution in [0.15, 0.2) is 48.0 Å². The zero-order valence-electron chi connectivity index (χ0n) is 14.9. The topological polar surface area (TPSA) is 51.6 Å². The summed E-state index contributed by atoms with van der Waals surface area (Å²) in [6.07, 6.45) is 2.27. The van der Waals surface area contributed by atoms with Crippen LogP contribution >= 0.6 is 22.9 Å². The zero-order chi connectivity index (χ0) is 18.9. The van der Waals surface area contributed by atoms with E-state index in [4.69, 9.17) is 21.1 Å². The van der Waals surface area contributed by atoms with Crippen molar-refractivity contribution in [2.24, 2.45) is 0 Å². The second-order valence-corrected chi connectivity index (χ2v) is 8.20. The number of pyridine rings is 1. The highest BCUT2D eigenvalue weighted by atomic mass is 35.5. The van der Waals surface area contributed by atoms with Crippen LogP contribution in [-0.2, 0) is 4.74 Å². The van der Waals surface area contributed by atoms with Crippen LogP contribution in [0.3, 0.4) is 0 Å². The van der Waals surface area contributed by atoms with Crippen LogP contribution < -0.4 is 4.74 Å². The summed E-state index contributed by atoms with van der Waals surface area (Å²) in [7, 11) is 0. The van der Waals surface area contributed by atoms with Gasteiger partial charge in [0, 0.05) is 34.1 Å². The van der Waals surface area contributed by atoms with Crippen LogP contribution in [0.1, 0.15) is 12.0 Å². The van der Waals surface area contributed by atoms with Gasteiger partial charge in [0.1, 0.15) is 5.60 Å². The molecule has 4 nitrogen and oxygen atoms in total. The van der Waals surface area contributed by atoms with E-state index in [9.17, 15) is 5.11 Å². The summed E-state index contributed by atoms with van der Waals surface area (Å²) < 4.78 is 10.8. The third-order valence-electron chi connectivity index (χ3n) is 4.62. The van der Waals surface area contributed by atoms with Gasteiger partial charge < -0.3 is 14.6 Å². The number of hydrogen-bond donors (Lipinski definition) is 1. The first kappa shape index (κ1) is 18.4. The lowest BCUT2D eigenvalue weighted by Crippen LogP contribution is -2.50. The van der Waals surface area contributed by atoms with Crippen molar-refractivity contribution in [2.75, 3.05) is 19.8 Å². The van der Waals surface area contributed by atoms with E-state index in [0.29, 0.717) is 32.1 Å². The van der Waals surface area contributed by atoms with Gasteiger partial charge in [-0.1, -0.05) is 23.7 Å². The minimum atomic E-state index is -0.743. The van der Waals surface area contributed by atoms with Crippen LogP contribution in [0.2, 0.25) is 5.02 Å². The summed E-state index contributed by atoms with van der Waals surface area (Å²) >= 11 is 8.07. The Bertz CT molecular complexity index is 952. The summed E-state index contributed by atoms with van der Waals surface area (Å²) in [5.74, 6) is 0.553. The van der Waals surface area contributed by atoms with Gasteiger partial charge in [0.05, 0.1) is 19.8 Å². The van der Waals surface area contributed by atoms with E-state index in [1.807, 2.05) is 25.1 Å². The highest BCUT2D eigenvalue weighted by Crippen LogP contribution is 2.37. The van der Waals surface area contributed by atoms with E-state index in [1.165, 1.54) is 0 Å². The number of aliphatic hydroxyl groups is 1. The standard InChI is InChI=1S/C21H20ClNO3S/c1-14-2-3-17(18(22)8-14)19-9-16(11-27-19)15-4-6-23-20(10-15)26-7-5-21(24)12-25-13-21/h2-4,6,8-11,24H,5,7,12-13H2,1H3. The molecule has 1 aliphatic heterocycles. The van der Waals surface area contributed by atoms with Gasteiger partial charge in [-0.3, -0.25) is 0 Å². The van der Waals surface area contributed by atoms with Gasteiger partial charge in [0.25, 0.3) is 0 Å². The Kier molecular flexibility index (Phi) is 5.19. The third-order valence-corrected chi connectivity index (χ3v) is 5.89. The number of rotatable bonds is 6. The fraction of sp³-hybridized carbons (Fsp3) is 0.286. The van der Waals surface area contributed by atoms with Gasteiger partial charge in [-0.25, -0.2) is 4.98 Å². The van der Waals surface area contributed by atoms with E-state index in [0.717, 1.165) is 32.2 Å². The molecule has 0 spiro atoms. The fourth-order valence-corrected chi connectivity index (χ4v) is 4.30. The lowest BCUT2D eigenvalue weighted by Gasteiger charge is -2.36. The third kappa shape index (κ3) is 4.17. The predicted octanol–water partition coefficient (Wildman–Crippen LogP) is 4.97. The Labute approximate surface area is 167 Å². The van der Waals surface area contributed by atoms with Crippen molar-refractivity contribution < 1.29 is 14.6 Å². The Morgan fingerprint density at radius 2 is 2.07 bits per heavy atom. The average Bonchev–Trinajstić information content (AvgIpc) is 3.10. The van der Waals surface area contributed by atoms with Crippen molar-refractivity contribution in [1.82, 2.24) is 4.98 Å². The second-order valence-electron chi connectivity index (χ2n) is 6.88. The molecule has 0 saturated carbocycles. The quantitative estimate of drug-likeness (QED) is 0.633. The van der Waals surface area contributed by atoms with Gasteiger partial charge >= 0.3 is 0 Å². The molecule has 1 aromatic carbocycles. The van der Waals surface area contributed by atoms with Crippen LogP contribution in [0.5, 0.6) is 5.88 Å². The number of aryl methyl sites for hydroxylation is 1. The molecule has 0 aliphatic carbocycles. The molecular weight excluding hydrogens is 382 g/mol. The van der Waals surface area contributed by atoms with Crippen molar-refractivity contribution in [3.05, 3.63) is 58.6 Å². The Hall–Kier alpha value is -1.92. The molecule has 140 valence electrons. The number of thiophene rings is 1. The maximum absolute atomic E-state index is 10.0. The number of benzene rings is 1. The van der Waals surface area contributed by atoms with Gasteiger partial charge in [-0.15, -0.1) is 11.3 Å². The summed E-state index contributed by atoms with van der Waals surface area (Å²) in [6.45, 7) is 3.20. The van der Waals surface area contributed by atoms with Gasteiger partial charge in [-0.2, -0.15) is 0 Å². The van der Waals surface area contributed by atoms with Crippen LogP contribution in [-0.4, -0.2) is 35.5 Å². The largest absolute Gasteiger partial charge is 0.478 e. The number of aromatic nitrogens is 1. The maximum Gasteiger partial charge on any atom is 0.213 e. The molecule has 0 unspecified atom stereocenters. The summed E-state index contributed by atoms with van der Waals surface area (Å²) in [5, 5.41) is 12.9. The molecule has 1 N–H and O–H groups in total. The van der Waals surface area contributed by atoms with Gasteiger partial charge in [-0.05, 0) is 47.2 Å². The molecule has 1 fully saturated rings. The normalized spacial score (nSPS) is 15.4. The first-order valence-corrected chi connectivity index (χ1v) is 10.0. The summed E-state index contributed by atoms with van der Waals surface area (Å²) in [5.41, 5.74) is 3.59. The van der Waals surface area contributed by atoms with Crippen LogP contribution in [0.25, 0.3) is 21.6 Å². The first-order chi connectivity index (χ1) is 13.0. The molecule has 2 aromatic heterocycles. The van der Waals surface area contributed by atoms with Crippen LogP contribution in [0.4, 0.5) is 0 Å². The van der Waals surface area contributed by atoms with E-state index in [1.54, 1.807) is 17.5 Å². The second kappa shape index (κ2) is 7.60. The molecule has 6 heteroatoms. The molecule has 1 saturated heterocycles. The van der Waals surface area contributed by atoms with Crippen molar-refractivity contribution in [3.8, 4) is 27.4 Å². The SMILES string of the molecule is Cc1ccc(-c2cc(-c3ccnc(OCCC4(O)COC4)c3)cs2)c(Cl)c1. The minimum absolute atomic E-state index is 0.378. The highest BCUT2D eigenvalue weighted by molar-refractivity contribution is 7.14. The monoisotopic (exact) mass is 401 g/mol. The minimum Gasteiger partial charge on any atom is -0.478 e. The van der Waals surface area contributed by atoms with Gasteiger partial charge in [0.15, 0.2) is 0 Å². The van der Waals surface area contributed by atoms with E-state index >= 15 is 0 Å². The van der Waals surface area contributed by atoms with Gasteiger partial charge in [0.2, 0.25) is 5.88 Å². The van der Waals surface area contributed by atoms with Crippen molar-refractivity contribution in [1.29, 1.82) is 0 Å². The summed E-state index contributed by atoms with van der Waals surface area (Å²) in [6, 6.07) is 12.1. The van der Waals surface area contributed by atoms with Crippen molar-refractivity contribution in [3.63, 3.8) is 0 Å². The maximum atomic E-state index is 10.0. The molecule has 0 atom stereocenters. The van der Waals surface area contributed by atoms with E-state index < -0.39 is 5.60 Å². The molecule has 4 rings (SSSR count). The van der Waals surface area contributed by atoms with E-state index in [-0.39, 0.29) is 0 Å². The molecule has 0 bridgehead atoms. The summed E-state index contributed by atoms with van der Waals surface area (Å²) in [4.78, 5) is 5.39. The first-order valence-electron chi connectivity index (χ1n) is 8.77. The highest BCUT2D eigenvalue weighted by Gasteiger charge is 2.35. The zero-order valence-corrected chi connectivity index (χ0v) is 16.5. The molecule has 1 aliphatic rings. The molecule has 27 heavy (non-hydrogen) atoms. The van der Waals surface area contributed by atoms with E-state index in [2.05, 4.69) is 28.6 Å². The molecule has 0 amide bonds. The lowest BCUT2D eigenvalue weighted by molar-refractivity contribution is -0.184. The number of ether oxygens (including phenoxy) is 2. The molecular formula is C21H20ClNO3S. The lowest BCUT2D eigenvalue weighted by atomic mass is 9.99. The number of hydrogen-bond acceptors (Lipinski definition) is 5. The Balaban J connectivity index is 1.48. The van der Waals surface area contributed by atoms with Crippen molar-refractivity contribution >= 4 is 22.9 Å². The molecule has 3 aromatic rings. The Morgan fingerprint density at radius 1 is 1.22 bits per heavy atom. The predicted molar refractivity (Wildman–Crippen MR) is 109 cm³/mol. The number of nitrogens with zero attached hydrogens (tertiary/aromatic N) is 1. The number of halogens is 1. The molecule has 3 heterocycles. The fourth-order valence-electron chi connectivity index (χ4n) is 2.94.